The summed E-state index contributed by atoms with van der Waals surface area (Å²) in [5.41, 5.74) is 0.440. The van der Waals surface area contributed by atoms with Gasteiger partial charge in [-0.15, -0.1) is 0 Å². The predicted molar refractivity (Wildman–Crippen MR) is 85.8 cm³/mol. The molecule has 0 radical (unpaired) electrons. The molecule has 20 heavy (non-hydrogen) atoms. The Kier molecular flexibility index (Phi) is 5.33. The van der Waals surface area contributed by atoms with Gasteiger partial charge in [-0.25, -0.2) is 9.97 Å². The fourth-order valence-electron chi connectivity index (χ4n) is 1.45. The maximum atomic E-state index is 12.1. The molecular weight excluding hydrogens is 364 g/mol. The normalized spacial score (nSPS) is 10.3. The number of aromatic nitrogens is 2. The standard InChI is InChI=1S/C12H12BrClN4OS/c1-2-3-15-10-5-7(4-9(14)17-10)11(19)18-12-16-6-8(13)20-12/h4-6H,2-3H2,1H3,(H,15,17)(H,16,18,19). The lowest BCUT2D eigenvalue weighted by Crippen LogP contribution is -2.13. The quantitative estimate of drug-likeness (QED) is 0.774. The van der Waals surface area contributed by atoms with E-state index < -0.39 is 0 Å². The molecule has 0 aliphatic carbocycles. The Morgan fingerprint density at radius 2 is 2.30 bits per heavy atom. The Balaban J connectivity index is 2.14. The Labute approximate surface area is 133 Å². The molecule has 0 unspecified atom stereocenters. The molecule has 0 saturated carbocycles. The van der Waals surface area contributed by atoms with Gasteiger partial charge >= 0.3 is 0 Å². The van der Waals surface area contributed by atoms with Gasteiger partial charge in [-0.1, -0.05) is 29.9 Å². The molecule has 0 aromatic carbocycles. The summed E-state index contributed by atoms with van der Waals surface area (Å²) in [6.07, 6.45) is 2.59. The number of carbonyl (C=O) groups is 1. The Morgan fingerprint density at radius 3 is 2.95 bits per heavy atom. The van der Waals surface area contributed by atoms with E-state index in [1.807, 2.05) is 6.92 Å². The summed E-state index contributed by atoms with van der Waals surface area (Å²) in [5, 5.41) is 6.62. The highest BCUT2D eigenvalue weighted by molar-refractivity contribution is 9.11. The number of anilines is 2. The van der Waals surface area contributed by atoms with E-state index in [0.29, 0.717) is 16.5 Å². The van der Waals surface area contributed by atoms with Crippen molar-refractivity contribution in [3.8, 4) is 0 Å². The van der Waals surface area contributed by atoms with Crippen LogP contribution in [0.2, 0.25) is 5.15 Å². The lowest BCUT2D eigenvalue weighted by molar-refractivity contribution is 0.102. The van der Waals surface area contributed by atoms with Crippen molar-refractivity contribution in [1.29, 1.82) is 0 Å². The number of rotatable bonds is 5. The smallest absolute Gasteiger partial charge is 0.257 e. The molecule has 2 heterocycles. The first kappa shape index (κ1) is 15.2. The molecule has 0 spiro atoms. The summed E-state index contributed by atoms with van der Waals surface area (Å²) in [4.78, 5) is 20.3. The van der Waals surface area contributed by atoms with Crippen molar-refractivity contribution in [2.45, 2.75) is 13.3 Å². The van der Waals surface area contributed by atoms with Crippen LogP contribution in [0.3, 0.4) is 0 Å². The van der Waals surface area contributed by atoms with E-state index in [4.69, 9.17) is 11.6 Å². The van der Waals surface area contributed by atoms with Crippen LogP contribution >= 0.6 is 38.9 Å². The van der Waals surface area contributed by atoms with Crippen LogP contribution in [0, 0.1) is 0 Å². The van der Waals surface area contributed by atoms with Gasteiger partial charge in [0.05, 0.1) is 9.98 Å². The second kappa shape index (κ2) is 7.01. The largest absolute Gasteiger partial charge is 0.370 e. The van der Waals surface area contributed by atoms with Crippen LogP contribution in [0.25, 0.3) is 0 Å². The molecule has 0 atom stereocenters. The van der Waals surface area contributed by atoms with Crippen LogP contribution in [0.5, 0.6) is 0 Å². The van der Waals surface area contributed by atoms with Crippen LogP contribution in [0.15, 0.2) is 22.1 Å². The van der Waals surface area contributed by atoms with Crippen LogP contribution in [-0.4, -0.2) is 22.4 Å². The Hall–Kier alpha value is -1.18. The number of halogens is 2. The van der Waals surface area contributed by atoms with E-state index in [-0.39, 0.29) is 11.1 Å². The highest BCUT2D eigenvalue weighted by atomic mass is 79.9. The lowest BCUT2D eigenvalue weighted by Gasteiger charge is -2.07. The van der Waals surface area contributed by atoms with Crippen LogP contribution < -0.4 is 10.6 Å². The summed E-state index contributed by atoms with van der Waals surface area (Å²) < 4.78 is 0.853. The zero-order chi connectivity index (χ0) is 14.5. The number of hydrogen-bond donors (Lipinski definition) is 2. The van der Waals surface area contributed by atoms with Gasteiger partial charge in [-0.05, 0) is 34.5 Å². The average Bonchev–Trinajstić information content (AvgIpc) is 2.81. The summed E-state index contributed by atoms with van der Waals surface area (Å²) in [6.45, 7) is 2.82. The topological polar surface area (TPSA) is 66.9 Å². The monoisotopic (exact) mass is 374 g/mol. The van der Waals surface area contributed by atoms with Crippen LogP contribution in [0.1, 0.15) is 23.7 Å². The zero-order valence-corrected chi connectivity index (χ0v) is 13.8. The van der Waals surface area contributed by atoms with Gasteiger partial charge < -0.3 is 5.32 Å². The summed E-state index contributed by atoms with van der Waals surface area (Å²) in [5.74, 6) is 0.320. The molecule has 0 fully saturated rings. The van der Waals surface area contributed by atoms with Gasteiger partial charge in [0.1, 0.15) is 11.0 Å². The molecule has 2 aromatic heterocycles. The SMILES string of the molecule is CCCNc1cc(C(=O)Nc2ncc(Br)s2)cc(Cl)n1. The van der Waals surface area contributed by atoms with E-state index >= 15 is 0 Å². The molecule has 0 aliphatic rings. The number of nitrogens with one attached hydrogen (secondary N) is 2. The van der Waals surface area contributed by atoms with E-state index in [9.17, 15) is 4.79 Å². The molecule has 8 heteroatoms. The Morgan fingerprint density at radius 1 is 1.50 bits per heavy atom. The molecule has 2 N–H and O–H groups in total. The van der Waals surface area contributed by atoms with Gasteiger partial charge in [0.2, 0.25) is 0 Å². The first-order valence-electron chi connectivity index (χ1n) is 5.92. The molecule has 0 bridgehead atoms. The molecule has 2 aromatic rings. The van der Waals surface area contributed by atoms with Gasteiger partial charge in [0, 0.05) is 12.1 Å². The Bertz CT molecular complexity index is 619. The van der Waals surface area contributed by atoms with Crippen LogP contribution in [0.4, 0.5) is 10.9 Å². The maximum absolute atomic E-state index is 12.1. The minimum Gasteiger partial charge on any atom is -0.370 e. The summed E-state index contributed by atoms with van der Waals surface area (Å²) in [7, 11) is 0. The van der Waals surface area contributed by atoms with Crippen molar-refractivity contribution in [2.24, 2.45) is 0 Å². The van der Waals surface area contributed by atoms with E-state index in [0.717, 1.165) is 16.8 Å². The summed E-state index contributed by atoms with van der Waals surface area (Å²) >= 11 is 10.6. The van der Waals surface area contributed by atoms with Crippen LogP contribution in [-0.2, 0) is 0 Å². The van der Waals surface area contributed by atoms with Gasteiger partial charge in [0.25, 0.3) is 5.91 Å². The van der Waals surface area contributed by atoms with Crippen molar-refractivity contribution >= 4 is 55.7 Å². The fraction of sp³-hybridized carbons (Fsp3) is 0.250. The summed E-state index contributed by atoms with van der Waals surface area (Å²) in [6, 6.07) is 3.19. The molecule has 0 saturated heterocycles. The van der Waals surface area contributed by atoms with Crippen molar-refractivity contribution in [2.75, 3.05) is 17.2 Å². The van der Waals surface area contributed by atoms with Crippen molar-refractivity contribution in [3.63, 3.8) is 0 Å². The van der Waals surface area contributed by atoms with Gasteiger partial charge in [-0.2, -0.15) is 0 Å². The second-order valence-electron chi connectivity index (χ2n) is 3.91. The highest BCUT2D eigenvalue weighted by Crippen LogP contribution is 2.24. The van der Waals surface area contributed by atoms with Crippen molar-refractivity contribution < 1.29 is 4.79 Å². The first-order valence-corrected chi connectivity index (χ1v) is 7.91. The van der Waals surface area contributed by atoms with Gasteiger partial charge in [-0.3, -0.25) is 10.1 Å². The minimum atomic E-state index is -0.268. The fourth-order valence-corrected chi connectivity index (χ4v) is 2.76. The zero-order valence-electron chi connectivity index (χ0n) is 10.6. The molecule has 1 amide bonds. The third-order valence-electron chi connectivity index (χ3n) is 2.31. The molecule has 2 rings (SSSR count). The van der Waals surface area contributed by atoms with Crippen molar-refractivity contribution in [1.82, 2.24) is 9.97 Å². The third-order valence-corrected chi connectivity index (χ3v) is 3.90. The number of pyridine rings is 1. The number of hydrogen-bond acceptors (Lipinski definition) is 5. The van der Waals surface area contributed by atoms with E-state index in [1.165, 1.54) is 17.4 Å². The molecular formula is C12H12BrClN4OS. The lowest BCUT2D eigenvalue weighted by atomic mass is 10.2. The predicted octanol–water partition coefficient (Wildman–Crippen LogP) is 4.03. The minimum absolute atomic E-state index is 0.268. The van der Waals surface area contributed by atoms with Crippen molar-refractivity contribution in [3.05, 3.63) is 32.8 Å². The molecule has 5 nitrogen and oxygen atoms in total. The first-order chi connectivity index (χ1) is 9.58. The number of carbonyl (C=O) groups excluding carboxylic acids is 1. The van der Waals surface area contributed by atoms with Gasteiger partial charge in [0.15, 0.2) is 5.13 Å². The highest BCUT2D eigenvalue weighted by Gasteiger charge is 2.11. The third kappa shape index (κ3) is 4.16. The number of thiazole rings is 1. The van der Waals surface area contributed by atoms with E-state index in [2.05, 4.69) is 36.5 Å². The second-order valence-corrected chi connectivity index (χ2v) is 6.71. The number of nitrogens with zero attached hydrogens (tertiary/aromatic N) is 2. The maximum Gasteiger partial charge on any atom is 0.257 e. The average molecular weight is 376 g/mol. The van der Waals surface area contributed by atoms with E-state index in [1.54, 1.807) is 12.3 Å². The molecule has 0 aliphatic heterocycles. The number of amides is 1. The molecule has 106 valence electrons.